The number of nitrogens with zero attached hydrogens (tertiary/aromatic N) is 1. The Morgan fingerprint density at radius 3 is 2.67 bits per heavy atom. The Hall–Kier alpha value is -2.66. The Morgan fingerprint density at radius 1 is 1.19 bits per heavy atom. The van der Waals surface area contributed by atoms with Gasteiger partial charge in [0, 0.05) is 36.8 Å². The van der Waals surface area contributed by atoms with Crippen LogP contribution in [-0.4, -0.2) is 42.8 Å². The number of carbonyl (C=O) groups excluding carboxylic acids is 2. The second-order valence-electron chi connectivity index (χ2n) is 7.03. The molecule has 1 unspecified atom stereocenters. The van der Waals surface area contributed by atoms with E-state index in [1.165, 1.54) is 12.5 Å². The maximum Gasteiger partial charge on any atom is 0.224 e. The lowest BCUT2D eigenvalue weighted by atomic mass is 10.0. The average molecular weight is 366 g/mol. The summed E-state index contributed by atoms with van der Waals surface area (Å²) in [5, 5.41) is 3.12. The molecular formula is C22H26N2O3. The summed E-state index contributed by atoms with van der Waals surface area (Å²) in [5.74, 6) is 0.569. The first-order chi connectivity index (χ1) is 13.0. The highest BCUT2D eigenvalue weighted by molar-refractivity contribution is 5.94. The number of benzene rings is 2. The molecule has 1 fully saturated rings. The zero-order valence-corrected chi connectivity index (χ0v) is 15.9. The standard InChI is InChI=1S/C22H26N2O3/c1-16(25)18-8-9-21(27-2)19(12-18)13-22(26)23-20-10-11-24(15-20)14-17-6-4-3-5-7-17/h3-9,12,20H,10-11,13-15H2,1-2H3,(H,23,26). The minimum Gasteiger partial charge on any atom is -0.496 e. The lowest BCUT2D eigenvalue weighted by Crippen LogP contribution is -2.37. The van der Waals surface area contributed by atoms with Crippen molar-refractivity contribution in [3.8, 4) is 5.75 Å². The highest BCUT2D eigenvalue weighted by Crippen LogP contribution is 2.21. The summed E-state index contributed by atoms with van der Waals surface area (Å²) in [6.45, 7) is 4.25. The molecule has 0 radical (unpaired) electrons. The SMILES string of the molecule is COc1ccc(C(C)=O)cc1CC(=O)NC1CCN(Cc2ccccc2)C1. The number of rotatable bonds is 7. The Morgan fingerprint density at radius 2 is 1.96 bits per heavy atom. The smallest absolute Gasteiger partial charge is 0.224 e. The number of ketones is 1. The summed E-state index contributed by atoms with van der Waals surface area (Å²) in [4.78, 5) is 26.5. The number of hydrogen-bond acceptors (Lipinski definition) is 4. The molecule has 1 heterocycles. The van der Waals surface area contributed by atoms with E-state index >= 15 is 0 Å². The predicted molar refractivity (Wildman–Crippen MR) is 105 cm³/mol. The van der Waals surface area contributed by atoms with E-state index in [1.54, 1.807) is 25.3 Å². The topological polar surface area (TPSA) is 58.6 Å². The van der Waals surface area contributed by atoms with Crippen molar-refractivity contribution in [1.82, 2.24) is 10.2 Å². The van der Waals surface area contributed by atoms with E-state index in [9.17, 15) is 9.59 Å². The fourth-order valence-electron chi connectivity index (χ4n) is 3.52. The van der Waals surface area contributed by atoms with Crippen LogP contribution in [0.2, 0.25) is 0 Å². The van der Waals surface area contributed by atoms with Crippen LogP contribution < -0.4 is 10.1 Å². The molecule has 2 aromatic carbocycles. The van der Waals surface area contributed by atoms with E-state index < -0.39 is 0 Å². The van der Waals surface area contributed by atoms with Gasteiger partial charge in [-0.15, -0.1) is 0 Å². The van der Waals surface area contributed by atoms with Crippen LogP contribution in [0.5, 0.6) is 5.75 Å². The predicted octanol–water partition coefficient (Wildman–Crippen LogP) is 2.83. The number of Topliss-reactive ketones (excluding diaryl/α,β-unsaturated/α-hetero) is 1. The molecule has 1 atom stereocenters. The molecule has 0 aromatic heterocycles. The summed E-state index contributed by atoms with van der Waals surface area (Å²) in [7, 11) is 1.57. The van der Waals surface area contributed by atoms with Crippen LogP contribution in [0.4, 0.5) is 0 Å². The first-order valence-corrected chi connectivity index (χ1v) is 9.28. The number of likely N-dealkylation sites (tertiary alicyclic amines) is 1. The molecule has 0 spiro atoms. The minimum atomic E-state index is -0.0411. The second-order valence-corrected chi connectivity index (χ2v) is 7.03. The third-order valence-corrected chi connectivity index (χ3v) is 4.92. The molecule has 0 bridgehead atoms. The maximum atomic E-state index is 12.5. The Labute approximate surface area is 160 Å². The second kappa shape index (κ2) is 8.82. The van der Waals surface area contributed by atoms with E-state index in [4.69, 9.17) is 4.74 Å². The Bertz CT molecular complexity index is 804. The molecule has 0 aliphatic carbocycles. The van der Waals surface area contributed by atoms with Gasteiger partial charge >= 0.3 is 0 Å². The van der Waals surface area contributed by atoms with Crippen LogP contribution in [0.1, 0.15) is 34.8 Å². The first kappa shape index (κ1) is 19.1. The summed E-state index contributed by atoms with van der Waals surface area (Å²) in [6.07, 6.45) is 1.16. The number of amides is 1. The molecule has 3 rings (SSSR count). The minimum absolute atomic E-state index is 0.0216. The molecule has 142 valence electrons. The Balaban J connectivity index is 1.55. The van der Waals surface area contributed by atoms with Gasteiger partial charge in [-0.1, -0.05) is 30.3 Å². The monoisotopic (exact) mass is 366 g/mol. The number of hydrogen-bond donors (Lipinski definition) is 1. The molecule has 1 saturated heterocycles. The normalized spacial score (nSPS) is 16.9. The lowest BCUT2D eigenvalue weighted by molar-refractivity contribution is -0.121. The highest BCUT2D eigenvalue weighted by Gasteiger charge is 2.24. The molecule has 1 amide bonds. The van der Waals surface area contributed by atoms with E-state index in [1.807, 2.05) is 18.2 Å². The number of ether oxygens (including phenoxy) is 1. The zero-order valence-electron chi connectivity index (χ0n) is 15.9. The molecular weight excluding hydrogens is 340 g/mol. The van der Waals surface area contributed by atoms with Gasteiger partial charge in [0.2, 0.25) is 5.91 Å². The van der Waals surface area contributed by atoms with Crippen molar-refractivity contribution in [2.24, 2.45) is 0 Å². The molecule has 0 saturated carbocycles. The van der Waals surface area contributed by atoms with Gasteiger partial charge in [0.05, 0.1) is 13.5 Å². The Kier molecular flexibility index (Phi) is 6.24. The van der Waals surface area contributed by atoms with Gasteiger partial charge in [0.15, 0.2) is 5.78 Å². The largest absolute Gasteiger partial charge is 0.496 e. The van der Waals surface area contributed by atoms with E-state index in [0.29, 0.717) is 11.3 Å². The lowest BCUT2D eigenvalue weighted by Gasteiger charge is -2.17. The van der Waals surface area contributed by atoms with E-state index in [2.05, 4.69) is 22.3 Å². The van der Waals surface area contributed by atoms with Gasteiger partial charge in [-0.05, 0) is 37.1 Å². The van der Waals surface area contributed by atoms with Crippen molar-refractivity contribution >= 4 is 11.7 Å². The zero-order chi connectivity index (χ0) is 19.2. The fraction of sp³-hybridized carbons (Fsp3) is 0.364. The summed E-state index contributed by atoms with van der Waals surface area (Å²) >= 11 is 0. The summed E-state index contributed by atoms with van der Waals surface area (Å²) in [6, 6.07) is 15.7. The van der Waals surface area contributed by atoms with Gasteiger partial charge in [-0.3, -0.25) is 14.5 Å². The van der Waals surface area contributed by atoms with Gasteiger partial charge in [0.25, 0.3) is 0 Å². The highest BCUT2D eigenvalue weighted by atomic mass is 16.5. The fourth-order valence-corrected chi connectivity index (χ4v) is 3.52. The van der Waals surface area contributed by atoms with Crippen LogP contribution in [0.15, 0.2) is 48.5 Å². The third-order valence-electron chi connectivity index (χ3n) is 4.92. The van der Waals surface area contributed by atoms with Crippen LogP contribution in [0.25, 0.3) is 0 Å². The third kappa shape index (κ3) is 5.17. The average Bonchev–Trinajstić information content (AvgIpc) is 3.09. The van der Waals surface area contributed by atoms with Gasteiger partial charge in [-0.25, -0.2) is 0 Å². The molecule has 5 heteroatoms. The van der Waals surface area contributed by atoms with E-state index in [-0.39, 0.29) is 24.2 Å². The number of methoxy groups -OCH3 is 1. The van der Waals surface area contributed by atoms with Crippen LogP contribution in [-0.2, 0) is 17.8 Å². The van der Waals surface area contributed by atoms with Crippen molar-refractivity contribution in [2.75, 3.05) is 20.2 Å². The first-order valence-electron chi connectivity index (χ1n) is 9.28. The summed E-state index contributed by atoms with van der Waals surface area (Å²) in [5.41, 5.74) is 2.62. The molecule has 1 aliphatic rings. The van der Waals surface area contributed by atoms with Crippen molar-refractivity contribution in [2.45, 2.75) is 32.4 Å². The van der Waals surface area contributed by atoms with Crippen molar-refractivity contribution in [1.29, 1.82) is 0 Å². The van der Waals surface area contributed by atoms with E-state index in [0.717, 1.165) is 31.6 Å². The van der Waals surface area contributed by atoms with Crippen LogP contribution in [0, 0.1) is 0 Å². The van der Waals surface area contributed by atoms with Crippen molar-refractivity contribution in [3.63, 3.8) is 0 Å². The molecule has 5 nitrogen and oxygen atoms in total. The molecule has 1 aliphatic heterocycles. The molecule has 1 N–H and O–H groups in total. The van der Waals surface area contributed by atoms with Crippen LogP contribution in [0.3, 0.4) is 0 Å². The number of nitrogens with one attached hydrogen (secondary N) is 1. The maximum absolute atomic E-state index is 12.5. The van der Waals surface area contributed by atoms with Gasteiger partial charge in [0.1, 0.15) is 5.75 Å². The molecule has 27 heavy (non-hydrogen) atoms. The van der Waals surface area contributed by atoms with Gasteiger partial charge in [-0.2, -0.15) is 0 Å². The van der Waals surface area contributed by atoms with Gasteiger partial charge < -0.3 is 10.1 Å². The molecule has 2 aromatic rings. The van der Waals surface area contributed by atoms with Crippen molar-refractivity contribution < 1.29 is 14.3 Å². The van der Waals surface area contributed by atoms with Crippen LogP contribution >= 0.6 is 0 Å². The quantitative estimate of drug-likeness (QED) is 0.766. The van der Waals surface area contributed by atoms with Crippen molar-refractivity contribution in [3.05, 3.63) is 65.2 Å². The summed E-state index contributed by atoms with van der Waals surface area (Å²) < 4.78 is 5.33. The number of carbonyl (C=O) groups is 2.